The lowest BCUT2D eigenvalue weighted by Crippen LogP contribution is -2.19. The Morgan fingerprint density at radius 3 is 2.78 bits per heavy atom. The number of pyridine rings is 1. The molecule has 0 saturated carbocycles. The molecule has 8 nitrogen and oxygen atoms in total. The second-order valence-corrected chi connectivity index (χ2v) is 8.50. The first-order valence-corrected chi connectivity index (χ1v) is 10.8. The van der Waals surface area contributed by atoms with Crippen LogP contribution < -0.4 is 0 Å². The molecule has 1 atom stereocenters. The van der Waals surface area contributed by atoms with E-state index in [0.29, 0.717) is 30.8 Å². The Kier molecular flexibility index (Phi) is 5.70. The molecule has 1 aliphatic heterocycles. The molecule has 5 heterocycles. The van der Waals surface area contributed by atoms with E-state index in [1.165, 1.54) is 6.20 Å². The molecule has 1 aliphatic rings. The van der Waals surface area contributed by atoms with Gasteiger partial charge < -0.3 is 4.42 Å². The van der Waals surface area contributed by atoms with Crippen molar-refractivity contribution < 1.29 is 17.6 Å². The number of thiophene rings is 1. The maximum Gasteiger partial charge on any atom is 0.314 e. The third-order valence-corrected chi connectivity index (χ3v) is 6.03. The number of hydrogen-bond acceptors (Lipinski definition) is 8. The van der Waals surface area contributed by atoms with Crippen molar-refractivity contribution in [2.45, 2.75) is 32.1 Å². The number of alkyl halides is 3. The molecule has 1 fully saturated rings. The zero-order valence-corrected chi connectivity index (χ0v) is 17.6. The van der Waals surface area contributed by atoms with Crippen molar-refractivity contribution >= 4 is 11.3 Å². The SMILES string of the molecule is FC(F)c1nnc(-c2ccc(Cn3cc(-c4csc(CN5CC[C@H](F)C5)c4)nn3)nc2)o1. The summed E-state index contributed by atoms with van der Waals surface area (Å²) in [5.41, 5.74) is 2.89. The van der Waals surface area contributed by atoms with Crippen LogP contribution in [-0.4, -0.2) is 54.3 Å². The molecular weight excluding hydrogens is 443 g/mol. The van der Waals surface area contributed by atoms with Crippen LogP contribution >= 0.6 is 11.3 Å². The molecule has 0 N–H and O–H groups in total. The van der Waals surface area contributed by atoms with Crippen molar-refractivity contribution in [3.05, 3.63) is 52.4 Å². The molecule has 4 aromatic heterocycles. The Morgan fingerprint density at radius 2 is 2.06 bits per heavy atom. The Balaban J connectivity index is 1.22. The van der Waals surface area contributed by atoms with E-state index in [1.54, 1.807) is 28.2 Å². The second kappa shape index (κ2) is 8.79. The highest BCUT2D eigenvalue weighted by Crippen LogP contribution is 2.27. The van der Waals surface area contributed by atoms with Crippen LogP contribution in [0, 0.1) is 0 Å². The zero-order valence-electron chi connectivity index (χ0n) is 16.7. The van der Waals surface area contributed by atoms with Crippen LogP contribution in [0.15, 0.2) is 40.4 Å². The summed E-state index contributed by atoms with van der Waals surface area (Å²) in [5, 5.41) is 17.3. The van der Waals surface area contributed by atoms with Crippen molar-refractivity contribution in [2.75, 3.05) is 13.1 Å². The maximum absolute atomic E-state index is 13.4. The first kappa shape index (κ1) is 20.8. The minimum Gasteiger partial charge on any atom is -0.415 e. The average molecular weight is 461 g/mol. The van der Waals surface area contributed by atoms with E-state index >= 15 is 0 Å². The summed E-state index contributed by atoms with van der Waals surface area (Å²) >= 11 is 1.63. The van der Waals surface area contributed by atoms with Gasteiger partial charge in [-0.1, -0.05) is 5.21 Å². The Morgan fingerprint density at radius 1 is 1.16 bits per heavy atom. The Hall–Kier alpha value is -3.12. The van der Waals surface area contributed by atoms with E-state index < -0.39 is 18.5 Å². The van der Waals surface area contributed by atoms with Crippen LogP contribution in [0.1, 0.15) is 29.3 Å². The van der Waals surface area contributed by atoms with Crippen molar-refractivity contribution in [1.82, 2.24) is 35.1 Å². The van der Waals surface area contributed by atoms with Crippen LogP contribution in [0.4, 0.5) is 13.2 Å². The van der Waals surface area contributed by atoms with Crippen LogP contribution in [0.3, 0.4) is 0 Å². The standard InChI is InChI=1S/C20H18F3N7OS/c21-14-3-4-29(7-14)9-16-5-13(11-32-16)17-10-30(28-25-17)8-15-2-1-12(6-24-15)19-26-27-20(31-19)18(22)23/h1-2,5-6,10-11,14,18H,3-4,7-9H2/t14-/m0/s1. The summed E-state index contributed by atoms with van der Waals surface area (Å²) in [6.45, 7) is 2.42. The van der Waals surface area contributed by atoms with E-state index in [0.717, 1.165) is 29.2 Å². The van der Waals surface area contributed by atoms with Gasteiger partial charge in [0.2, 0.25) is 5.89 Å². The fourth-order valence-corrected chi connectivity index (χ4v) is 4.42. The van der Waals surface area contributed by atoms with Gasteiger partial charge in [0.15, 0.2) is 0 Å². The summed E-state index contributed by atoms with van der Waals surface area (Å²) < 4.78 is 45.1. The van der Waals surface area contributed by atoms with Crippen LogP contribution in [0.5, 0.6) is 0 Å². The zero-order chi connectivity index (χ0) is 22.1. The molecule has 4 aromatic rings. The normalized spacial score (nSPS) is 16.9. The first-order chi connectivity index (χ1) is 15.5. The van der Waals surface area contributed by atoms with Crippen LogP contribution in [-0.2, 0) is 13.1 Å². The molecule has 0 unspecified atom stereocenters. The number of likely N-dealkylation sites (tertiary alicyclic amines) is 1. The van der Waals surface area contributed by atoms with Crippen molar-refractivity contribution in [1.29, 1.82) is 0 Å². The Labute approximate surface area is 184 Å². The molecule has 32 heavy (non-hydrogen) atoms. The van der Waals surface area contributed by atoms with Gasteiger partial charge in [-0.2, -0.15) is 8.78 Å². The third kappa shape index (κ3) is 4.55. The first-order valence-electron chi connectivity index (χ1n) is 9.94. The van der Waals surface area contributed by atoms with E-state index in [4.69, 9.17) is 4.42 Å². The second-order valence-electron chi connectivity index (χ2n) is 7.51. The minimum absolute atomic E-state index is 0.00776. The lowest BCUT2D eigenvalue weighted by Gasteiger charge is -2.12. The number of nitrogens with zero attached hydrogens (tertiary/aromatic N) is 7. The molecule has 166 valence electrons. The quantitative estimate of drug-likeness (QED) is 0.412. The number of aromatic nitrogens is 6. The largest absolute Gasteiger partial charge is 0.415 e. The minimum atomic E-state index is -2.81. The average Bonchev–Trinajstić information content (AvgIpc) is 3.56. The van der Waals surface area contributed by atoms with Gasteiger partial charge in [-0.25, -0.2) is 9.07 Å². The number of rotatable bonds is 7. The highest BCUT2D eigenvalue weighted by Gasteiger charge is 2.22. The summed E-state index contributed by atoms with van der Waals surface area (Å²) in [5.74, 6) is -0.727. The maximum atomic E-state index is 13.4. The van der Waals surface area contributed by atoms with Gasteiger partial charge >= 0.3 is 6.43 Å². The summed E-state index contributed by atoms with van der Waals surface area (Å²) in [6.07, 6.45) is 0.391. The summed E-state index contributed by atoms with van der Waals surface area (Å²) in [7, 11) is 0. The van der Waals surface area contributed by atoms with Crippen molar-refractivity contribution in [3.63, 3.8) is 0 Å². The van der Waals surface area contributed by atoms with Gasteiger partial charge in [0.25, 0.3) is 5.89 Å². The van der Waals surface area contributed by atoms with Crippen LogP contribution in [0.2, 0.25) is 0 Å². The molecule has 0 bridgehead atoms. The predicted molar refractivity (Wildman–Crippen MR) is 110 cm³/mol. The van der Waals surface area contributed by atoms with E-state index in [9.17, 15) is 13.2 Å². The molecule has 0 spiro atoms. The number of hydrogen-bond donors (Lipinski definition) is 0. The van der Waals surface area contributed by atoms with Gasteiger partial charge in [-0.15, -0.1) is 26.6 Å². The van der Waals surface area contributed by atoms with E-state index in [2.05, 4.69) is 36.5 Å². The van der Waals surface area contributed by atoms with Gasteiger partial charge in [-0.3, -0.25) is 9.88 Å². The predicted octanol–water partition coefficient (Wildman–Crippen LogP) is 3.98. The highest BCUT2D eigenvalue weighted by atomic mass is 32.1. The molecular formula is C20H18F3N7OS. The topological polar surface area (TPSA) is 85.8 Å². The third-order valence-electron chi connectivity index (χ3n) is 5.11. The molecule has 1 saturated heterocycles. The van der Waals surface area contributed by atoms with Crippen molar-refractivity contribution in [3.8, 4) is 22.7 Å². The van der Waals surface area contributed by atoms with Gasteiger partial charge in [0.05, 0.1) is 24.0 Å². The molecule has 5 rings (SSSR count). The lowest BCUT2D eigenvalue weighted by molar-refractivity contribution is 0.116. The fraction of sp³-hybridized carbons (Fsp3) is 0.350. The monoisotopic (exact) mass is 461 g/mol. The summed E-state index contributed by atoms with van der Waals surface area (Å²) in [4.78, 5) is 7.60. The molecule has 0 aromatic carbocycles. The molecule has 0 aliphatic carbocycles. The highest BCUT2D eigenvalue weighted by molar-refractivity contribution is 7.10. The smallest absolute Gasteiger partial charge is 0.314 e. The summed E-state index contributed by atoms with van der Waals surface area (Å²) in [6, 6.07) is 5.48. The van der Waals surface area contributed by atoms with Gasteiger partial charge in [0.1, 0.15) is 11.9 Å². The Bertz CT molecular complexity index is 1190. The molecule has 0 radical (unpaired) electrons. The van der Waals surface area contributed by atoms with Gasteiger partial charge in [0, 0.05) is 41.7 Å². The number of halogens is 3. The van der Waals surface area contributed by atoms with Crippen molar-refractivity contribution in [2.24, 2.45) is 0 Å². The van der Waals surface area contributed by atoms with E-state index in [1.807, 2.05) is 11.6 Å². The molecule has 12 heteroatoms. The van der Waals surface area contributed by atoms with E-state index in [-0.39, 0.29) is 5.89 Å². The lowest BCUT2D eigenvalue weighted by atomic mass is 10.2. The van der Waals surface area contributed by atoms with Crippen LogP contribution in [0.25, 0.3) is 22.7 Å². The molecule has 0 amide bonds. The van der Waals surface area contributed by atoms with Gasteiger partial charge in [-0.05, 0) is 24.6 Å². The fourth-order valence-electron chi connectivity index (χ4n) is 3.51.